The standard InChI is InChI=1S/C29H33F3N4O/c1-16(18(3)27(37)19(4)17(2)23-10-7-11-24(14-23)29(30,31)32)22-9-6-8-21(12-22)13-25(33)26-20(5)35-15-36-28(26)34/h6-12,14-19,33H,13H2,1-5H3,(H2,34,35,36). The van der Waals surface area contributed by atoms with E-state index in [-0.39, 0.29) is 29.4 Å². The van der Waals surface area contributed by atoms with E-state index in [0.717, 1.165) is 23.3 Å². The number of nitrogen functional groups attached to an aromatic ring is 1. The number of nitrogens with two attached hydrogens (primary N) is 1. The van der Waals surface area contributed by atoms with Crippen LogP contribution in [-0.2, 0) is 17.4 Å². The average molecular weight is 511 g/mol. The zero-order valence-electron chi connectivity index (χ0n) is 21.7. The molecule has 0 amide bonds. The van der Waals surface area contributed by atoms with E-state index in [4.69, 9.17) is 11.1 Å². The van der Waals surface area contributed by atoms with Gasteiger partial charge in [0.05, 0.1) is 16.8 Å². The van der Waals surface area contributed by atoms with Gasteiger partial charge in [0, 0.05) is 24.0 Å². The van der Waals surface area contributed by atoms with Crippen molar-refractivity contribution >= 4 is 17.3 Å². The number of ketones is 1. The Morgan fingerprint density at radius 1 is 0.946 bits per heavy atom. The summed E-state index contributed by atoms with van der Waals surface area (Å²) in [5.41, 5.74) is 9.10. The molecule has 3 aromatic rings. The van der Waals surface area contributed by atoms with Crippen molar-refractivity contribution in [1.29, 1.82) is 5.41 Å². The van der Waals surface area contributed by atoms with Crippen LogP contribution < -0.4 is 5.73 Å². The minimum Gasteiger partial charge on any atom is -0.383 e. The Hall–Kier alpha value is -3.55. The predicted octanol–water partition coefficient (Wildman–Crippen LogP) is 6.75. The van der Waals surface area contributed by atoms with E-state index in [2.05, 4.69) is 9.97 Å². The molecule has 3 N–H and O–H groups in total. The third-order valence-corrected chi connectivity index (χ3v) is 7.36. The number of nitrogens with zero attached hydrogens (tertiary/aromatic N) is 2. The first-order valence-electron chi connectivity index (χ1n) is 12.3. The van der Waals surface area contributed by atoms with Gasteiger partial charge in [-0.1, -0.05) is 70.2 Å². The molecule has 0 aliphatic heterocycles. The fourth-order valence-electron chi connectivity index (χ4n) is 4.63. The Balaban J connectivity index is 1.74. The molecule has 196 valence electrons. The molecule has 2 aromatic carbocycles. The van der Waals surface area contributed by atoms with Crippen LogP contribution in [0, 0.1) is 24.2 Å². The number of hydrogen-bond donors (Lipinski definition) is 2. The molecule has 4 atom stereocenters. The van der Waals surface area contributed by atoms with E-state index in [1.165, 1.54) is 12.4 Å². The Bertz CT molecular complexity index is 1270. The van der Waals surface area contributed by atoms with Gasteiger partial charge in [-0.25, -0.2) is 9.97 Å². The summed E-state index contributed by atoms with van der Waals surface area (Å²) < 4.78 is 39.5. The molecule has 0 aliphatic carbocycles. The number of anilines is 1. The number of Topliss-reactive ketones (excluding diaryl/α,β-unsaturated/α-hetero) is 1. The second-order valence-corrected chi connectivity index (χ2v) is 9.80. The summed E-state index contributed by atoms with van der Waals surface area (Å²) in [4.78, 5) is 21.5. The normalized spacial score (nSPS) is 15.0. The van der Waals surface area contributed by atoms with Crippen molar-refractivity contribution < 1.29 is 18.0 Å². The molecule has 3 rings (SSSR count). The fraction of sp³-hybridized carbons (Fsp3) is 0.379. The Labute approximate surface area is 215 Å². The lowest BCUT2D eigenvalue weighted by Crippen LogP contribution is -2.27. The maximum atomic E-state index is 13.4. The molecule has 0 saturated carbocycles. The summed E-state index contributed by atoms with van der Waals surface area (Å²) in [5.74, 6) is -1.02. The molecule has 0 bridgehead atoms. The SMILES string of the molecule is Cc1ncnc(N)c1C(=N)Cc1cccc(C(C)C(C)C(=O)C(C)C(C)c2cccc(C(F)(F)F)c2)c1. The maximum Gasteiger partial charge on any atom is 0.416 e. The highest BCUT2D eigenvalue weighted by molar-refractivity contribution is 6.03. The van der Waals surface area contributed by atoms with Crippen molar-refractivity contribution in [3.8, 4) is 0 Å². The van der Waals surface area contributed by atoms with Gasteiger partial charge in [0.1, 0.15) is 17.9 Å². The summed E-state index contributed by atoms with van der Waals surface area (Å²) in [6.07, 6.45) is -2.72. The third kappa shape index (κ3) is 6.42. The summed E-state index contributed by atoms with van der Waals surface area (Å²) in [7, 11) is 0. The van der Waals surface area contributed by atoms with E-state index >= 15 is 0 Å². The van der Waals surface area contributed by atoms with Crippen LogP contribution in [0.5, 0.6) is 0 Å². The highest BCUT2D eigenvalue weighted by Gasteiger charge is 2.33. The van der Waals surface area contributed by atoms with Crippen molar-refractivity contribution in [2.45, 2.75) is 59.1 Å². The second kappa shape index (κ2) is 11.2. The van der Waals surface area contributed by atoms with E-state index in [1.54, 1.807) is 26.8 Å². The van der Waals surface area contributed by atoms with Crippen molar-refractivity contribution in [2.24, 2.45) is 11.8 Å². The number of rotatable bonds is 9. The molecule has 0 spiro atoms. The second-order valence-electron chi connectivity index (χ2n) is 9.80. The lowest BCUT2D eigenvalue weighted by Gasteiger charge is -2.27. The van der Waals surface area contributed by atoms with Gasteiger partial charge >= 0.3 is 6.18 Å². The first-order valence-corrected chi connectivity index (χ1v) is 12.3. The van der Waals surface area contributed by atoms with Crippen LogP contribution in [0.2, 0.25) is 0 Å². The molecular formula is C29H33F3N4O. The molecule has 1 aromatic heterocycles. The fourth-order valence-corrected chi connectivity index (χ4v) is 4.63. The van der Waals surface area contributed by atoms with E-state index in [0.29, 0.717) is 29.0 Å². The van der Waals surface area contributed by atoms with Gasteiger partial charge in [-0.05, 0) is 41.5 Å². The molecule has 0 radical (unpaired) electrons. The van der Waals surface area contributed by atoms with Gasteiger partial charge in [0.2, 0.25) is 0 Å². The smallest absolute Gasteiger partial charge is 0.383 e. The summed E-state index contributed by atoms with van der Waals surface area (Å²) >= 11 is 0. The monoisotopic (exact) mass is 510 g/mol. The highest BCUT2D eigenvalue weighted by atomic mass is 19.4. The van der Waals surface area contributed by atoms with E-state index in [9.17, 15) is 18.0 Å². The highest BCUT2D eigenvalue weighted by Crippen LogP contribution is 2.35. The topological polar surface area (TPSA) is 92.7 Å². The molecule has 5 nitrogen and oxygen atoms in total. The third-order valence-electron chi connectivity index (χ3n) is 7.36. The Kier molecular flexibility index (Phi) is 8.51. The number of nitrogens with one attached hydrogen (secondary N) is 1. The number of alkyl halides is 3. The lowest BCUT2D eigenvalue weighted by molar-refractivity contribution is -0.137. The van der Waals surface area contributed by atoms with Gasteiger partial charge in [-0.3, -0.25) is 4.79 Å². The number of carbonyl (C=O) groups is 1. The summed E-state index contributed by atoms with van der Waals surface area (Å²) in [5, 5.41) is 8.53. The van der Waals surface area contributed by atoms with Crippen molar-refractivity contribution in [1.82, 2.24) is 9.97 Å². The minimum atomic E-state index is -4.43. The van der Waals surface area contributed by atoms with Crippen molar-refractivity contribution in [3.63, 3.8) is 0 Å². The van der Waals surface area contributed by atoms with Crippen LogP contribution >= 0.6 is 0 Å². The van der Waals surface area contributed by atoms with E-state index in [1.807, 2.05) is 38.1 Å². The van der Waals surface area contributed by atoms with Gasteiger partial charge in [-0.15, -0.1) is 0 Å². The number of carbonyl (C=O) groups excluding carboxylic acids is 1. The summed E-state index contributed by atoms with van der Waals surface area (Å²) in [6.45, 7) is 9.20. The first-order chi connectivity index (χ1) is 17.3. The number of halogens is 3. The number of hydrogen-bond acceptors (Lipinski definition) is 5. The van der Waals surface area contributed by atoms with Crippen LogP contribution in [0.4, 0.5) is 19.0 Å². The number of benzene rings is 2. The molecule has 0 saturated heterocycles. The molecule has 4 unspecified atom stereocenters. The first kappa shape index (κ1) is 28.0. The zero-order valence-corrected chi connectivity index (χ0v) is 21.7. The Morgan fingerprint density at radius 2 is 1.51 bits per heavy atom. The van der Waals surface area contributed by atoms with Crippen LogP contribution in [0.15, 0.2) is 54.9 Å². The Morgan fingerprint density at radius 3 is 2.08 bits per heavy atom. The quantitative estimate of drug-likeness (QED) is 0.312. The number of aryl methyl sites for hydroxylation is 1. The minimum absolute atomic E-state index is 0.000362. The molecule has 0 aliphatic rings. The van der Waals surface area contributed by atoms with Gasteiger partial charge < -0.3 is 11.1 Å². The van der Waals surface area contributed by atoms with Crippen LogP contribution in [0.3, 0.4) is 0 Å². The lowest BCUT2D eigenvalue weighted by atomic mass is 9.76. The molecule has 8 heteroatoms. The molecule has 1 heterocycles. The van der Waals surface area contributed by atoms with Gasteiger partial charge in [-0.2, -0.15) is 13.2 Å². The molecular weight excluding hydrogens is 477 g/mol. The average Bonchev–Trinajstić information content (AvgIpc) is 2.86. The van der Waals surface area contributed by atoms with Gasteiger partial charge in [0.15, 0.2) is 0 Å². The summed E-state index contributed by atoms with van der Waals surface area (Å²) in [6, 6.07) is 13.0. The number of aromatic nitrogens is 2. The van der Waals surface area contributed by atoms with Crippen LogP contribution in [0.1, 0.15) is 73.0 Å². The van der Waals surface area contributed by atoms with Crippen molar-refractivity contribution in [2.75, 3.05) is 5.73 Å². The largest absolute Gasteiger partial charge is 0.416 e. The predicted molar refractivity (Wildman–Crippen MR) is 140 cm³/mol. The van der Waals surface area contributed by atoms with Gasteiger partial charge in [0.25, 0.3) is 0 Å². The van der Waals surface area contributed by atoms with Crippen LogP contribution in [0.25, 0.3) is 0 Å². The maximum absolute atomic E-state index is 13.4. The zero-order chi connectivity index (χ0) is 27.5. The van der Waals surface area contributed by atoms with Crippen LogP contribution in [-0.4, -0.2) is 21.5 Å². The van der Waals surface area contributed by atoms with E-state index < -0.39 is 17.7 Å². The molecule has 0 fully saturated rings. The molecule has 37 heavy (non-hydrogen) atoms. The van der Waals surface area contributed by atoms with Crippen molar-refractivity contribution in [3.05, 3.63) is 88.4 Å².